The van der Waals surface area contributed by atoms with Crippen LogP contribution in [0.2, 0.25) is 5.02 Å². The summed E-state index contributed by atoms with van der Waals surface area (Å²) in [4.78, 5) is 5.49. The van der Waals surface area contributed by atoms with Crippen LogP contribution >= 0.6 is 23.4 Å². The van der Waals surface area contributed by atoms with Crippen LogP contribution in [0.15, 0.2) is 46.5 Å². The number of nitrogens with zero attached hydrogens (tertiary/aromatic N) is 1. The van der Waals surface area contributed by atoms with Gasteiger partial charge < -0.3 is 5.73 Å². The average Bonchev–Trinajstić information content (AvgIpc) is 2.32. The van der Waals surface area contributed by atoms with Gasteiger partial charge in [-0.3, -0.25) is 0 Å². The van der Waals surface area contributed by atoms with Crippen molar-refractivity contribution in [2.45, 2.75) is 23.4 Å². The highest BCUT2D eigenvalue weighted by Gasteiger charge is 2.07. The Morgan fingerprint density at radius 3 is 2.59 bits per heavy atom. The van der Waals surface area contributed by atoms with E-state index in [2.05, 4.69) is 11.9 Å². The normalized spacial score (nSPS) is 10.5. The number of pyridine rings is 1. The topological polar surface area (TPSA) is 38.9 Å². The number of hydrogen-bond donors (Lipinski definition) is 1. The summed E-state index contributed by atoms with van der Waals surface area (Å²) in [6.45, 7) is 2.56. The molecular formula is C13H13ClN2S. The van der Waals surface area contributed by atoms with Gasteiger partial charge in [0.25, 0.3) is 0 Å². The maximum Gasteiger partial charge on any atom is 0.105 e. The molecule has 88 valence electrons. The highest BCUT2D eigenvalue weighted by atomic mass is 35.5. The number of benzene rings is 1. The van der Waals surface area contributed by atoms with Gasteiger partial charge in [0.05, 0.1) is 0 Å². The second-order valence-electron chi connectivity index (χ2n) is 3.67. The highest BCUT2D eigenvalue weighted by molar-refractivity contribution is 7.99. The van der Waals surface area contributed by atoms with Crippen molar-refractivity contribution in [2.75, 3.05) is 0 Å². The molecule has 2 aromatic rings. The molecule has 0 saturated carbocycles. The summed E-state index contributed by atoms with van der Waals surface area (Å²) < 4.78 is 0. The van der Waals surface area contributed by atoms with Crippen LogP contribution in [-0.2, 0) is 6.54 Å². The summed E-state index contributed by atoms with van der Waals surface area (Å²) in [6, 6.07) is 9.70. The highest BCUT2D eigenvalue weighted by Crippen LogP contribution is 2.30. The van der Waals surface area contributed by atoms with Gasteiger partial charge in [-0.1, -0.05) is 23.4 Å². The van der Waals surface area contributed by atoms with Gasteiger partial charge in [0, 0.05) is 28.2 Å². The van der Waals surface area contributed by atoms with Gasteiger partial charge in [0.2, 0.25) is 0 Å². The lowest BCUT2D eigenvalue weighted by molar-refractivity contribution is 0.943. The third kappa shape index (κ3) is 3.00. The van der Waals surface area contributed by atoms with Gasteiger partial charge in [-0.25, -0.2) is 4.98 Å². The zero-order valence-electron chi connectivity index (χ0n) is 9.48. The van der Waals surface area contributed by atoms with E-state index in [1.54, 1.807) is 11.8 Å². The number of aromatic nitrogens is 1. The molecule has 1 heterocycles. The maximum atomic E-state index is 5.85. The Labute approximate surface area is 110 Å². The zero-order valence-corrected chi connectivity index (χ0v) is 11.1. The molecule has 4 heteroatoms. The SMILES string of the molecule is Cc1ccnc(Sc2ccc(Cl)cc2)c1CN. The van der Waals surface area contributed by atoms with Gasteiger partial charge in [-0.15, -0.1) is 0 Å². The average molecular weight is 265 g/mol. The van der Waals surface area contributed by atoms with Gasteiger partial charge in [0.1, 0.15) is 5.03 Å². The van der Waals surface area contributed by atoms with E-state index in [0.29, 0.717) is 6.54 Å². The van der Waals surface area contributed by atoms with E-state index in [1.165, 1.54) is 5.56 Å². The first-order chi connectivity index (χ1) is 8.20. The number of aryl methyl sites for hydroxylation is 1. The largest absolute Gasteiger partial charge is 0.326 e. The molecule has 0 saturated heterocycles. The molecule has 0 fully saturated rings. The predicted octanol–water partition coefficient (Wildman–Crippen LogP) is 3.65. The standard InChI is InChI=1S/C13H13ClN2S/c1-9-6-7-16-13(12(9)8-15)17-11-4-2-10(14)3-5-11/h2-7H,8,15H2,1H3. The summed E-state index contributed by atoms with van der Waals surface area (Å²) in [5.74, 6) is 0. The van der Waals surface area contributed by atoms with Gasteiger partial charge in [0.15, 0.2) is 0 Å². The molecule has 0 aliphatic heterocycles. The number of hydrogen-bond acceptors (Lipinski definition) is 3. The summed E-state index contributed by atoms with van der Waals surface area (Å²) in [7, 11) is 0. The van der Waals surface area contributed by atoms with Crippen LogP contribution in [0.5, 0.6) is 0 Å². The fourth-order valence-corrected chi connectivity index (χ4v) is 2.62. The molecule has 2 nitrogen and oxygen atoms in total. The minimum Gasteiger partial charge on any atom is -0.326 e. The van der Waals surface area contributed by atoms with E-state index in [-0.39, 0.29) is 0 Å². The third-order valence-electron chi connectivity index (χ3n) is 2.48. The van der Waals surface area contributed by atoms with Gasteiger partial charge in [-0.05, 0) is 42.8 Å². The molecular weight excluding hydrogens is 252 g/mol. The van der Waals surface area contributed by atoms with Crippen molar-refractivity contribution >= 4 is 23.4 Å². The minimum atomic E-state index is 0.510. The maximum absolute atomic E-state index is 5.85. The number of nitrogens with two attached hydrogens (primary N) is 1. The monoisotopic (exact) mass is 264 g/mol. The van der Waals surface area contributed by atoms with Crippen molar-refractivity contribution in [2.24, 2.45) is 5.73 Å². The van der Waals surface area contributed by atoms with Crippen LogP contribution in [0, 0.1) is 6.92 Å². The van der Waals surface area contributed by atoms with Crippen LogP contribution in [0.4, 0.5) is 0 Å². The van der Waals surface area contributed by atoms with E-state index in [9.17, 15) is 0 Å². The lowest BCUT2D eigenvalue weighted by Gasteiger charge is -2.09. The van der Waals surface area contributed by atoms with Crippen molar-refractivity contribution in [1.82, 2.24) is 4.98 Å². The number of halogens is 1. The summed E-state index contributed by atoms with van der Waals surface area (Å²) in [6.07, 6.45) is 1.81. The first kappa shape index (κ1) is 12.4. The Morgan fingerprint density at radius 1 is 1.24 bits per heavy atom. The van der Waals surface area contributed by atoms with Crippen LogP contribution in [0.3, 0.4) is 0 Å². The van der Waals surface area contributed by atoms with Crippen LogP contribution < -0.4 is 5.73 Å². The molecule has 0 spiro atoms. The van der Waals surface area contributed by atoms with Crippen molar-refractivity contribution in [3.63, 3.8) is 0 Å². The summed E-state index contributed by atoms with van der Waals surface area (Å²) in [5.41, 5.74) is 8.04. The van der Waals surface area contributed by atoms with E-state index in [1.807, 2.05) is 36.5 Å². The minimum absolute atomic E-state index is 0.510. The molecule has 0 atom stereocenters. The Bertz CT molecular complexity index is 511. The molecule has 17 heavy (non-hydrogen) atoms. The lowest BCUT2D eigenvalue weighted by Crippen LogP contribution is -2.02. The predicted molar refractivity (Wildman–Crippen MR) is 72.4 cm³/mol. The first-order valence-corrected chi connectivity index (χ1v) is 6.48. The van der Waals surface area contributed by atoms with E-state index in [0.717, 1.165) is 20.5 Å². The molecule has 1 aromatic heterocycles. The first-order valence-electron chi connectivity index (χ1n) is 5.28. The molecule has 0 aliphatic rings. The fourth-order valence-electron chi connectivity index (χ4n) is 1.51. The zero-order chi connectivity index (χ0) is 12.3. The molecule has 2 N–H and O–H groups in total. The van der Waals surface area contributed by atoms with Crippen LogP contribution in [0.25, 0.3) is 0 Å². The van der Waals surface area contributed by atoms with Crippen molar-refractivity contribution in [1.29, 1.82) is 0 Å². The van der Waals surface area contributed by atoms with Gasteiger partial charge >= 0.3 is 0 Å². The molecule has 1 aromatic carbocycles. The van der Waals surface area contributed by atoms with E-state index < -0.39 is 0 Å². The molecule has 0 radical (unpaired) electrons. The Kier molecular flexibility index (Phi) is 4.05. The van der Waals surface area contributed by atoms with E-state index in [4.69, 9.17) is 17.3 Å². The second-order valence-corrected chi connectivity index (χ2v) is 5.17. The Hall–Kier alpha value is -1.03. The van der Waals surface area contributed by atoms with E-state index >= 15 is 0 Å². The van der Waals surface area contributed by atoms with Crippen molar-refractivity contribution < 1.29 is 0 Å². The van der Waals surface area contributed by atoms with Crippen molar-refractivity contribution in [3.05, 3.63) is 52.7 Å². The Balaban J connectivity index is 2.29. The van der Waals surface area contributed by atoms with Crippen molar-refractivity contribution in [3.8, 4) is 0 Å². The summed E-state index contributed by atoms with van der Waals surface area (Å²) in [5, 5.41) is 1.71. The number of rotatable bonds is 3. The van der Waals surface area contributed by atoms with Crippen LogP contribution in [-0.4, -0.2) is 4.98 Å². The lowest BCUT2D eigenvalue weighted by atomic mass is 10.2. The van der Waals surface area contributed by atoms with Crippen LogP contribution in [0.1, 0.15) is 11.1 Å². The molecule has 0 unspecified atom stereocenters. The smallest absolute Gasteiger partial charge is 0.105 e. The quantitative estimate of drug-likeness (QED) is 0.920. The molecule has 0 aliphatic carbocycles. The Morgan fingerprint density at radius 2 is 1.94 bits per heavy atom. The second kappa shape index (κ2) is 5.54. The van der Waals surface area contributed by atoms with Gasteiger partial charge in [-0.2, -0.15) is 0 Å². The fraction of sp³-hybridized carbons (Fsp3) is 0.154. The molecule has 0 bridgehead atoms. The third-order valence-corrected chi connectivity index (χ3v) is 3.79. The molecule has 0 amide bonds. The summed E-state index contributed by atoms with van der Waals surface area (Å²) >= 11 is 7.47. The molecule has 2 rings (SSSR count).